The van der Waals surface area contributed by atoms with E-state index >= 15 is 0 Å². The first-order valence-corrected chi connectivity index (χ1v) is 5.56. The molecule has 0 spiro atoms. The third kappa shape index (κ3) is 4.74. The minimum absolute atomic E-state index is 0.648. The van der Waals surface area contributed by atoms with Crippen LogP contribution in [-0.2, 0) is 0 Å². The number of hydrogen-bond acceptors (Lipinski definition) is 4. The number of nitrogens with zero attached hydrogens (tertiary/aromatic N) is 2. The summed E-state index contributed by atoms with van der Waals surface area (Å²) in [5.74, 6) is 1.54. The van der Waals surface area contributed by atoms with Gasteiger partial charge in [-0.2, -0.15) is 0 Å². The van der Waals surface area contributed by atoms with E-state index < -0.39 is 0 Å². The van der Waals surface area contributed by atoms with Gasteiger partial charge in [-0.1, -0.05) is 13.3 Å². The Kier molecular flexibility index (Phi) is 5.70. The van der Waals surface area contributed by atoms with E-state index in [1.54, 1.807) is 12.5 Å². The van der Waals surface area contributed by atoms with Gasteiger partial charge < -0.3 is 11.1 Å². The van der Waals surface area contributed by atoms with Crippen molar-refractivity contribution in [2.45, 2.75) is 26.2 Å². The lowest BCUT2D eigenvalue weighted by Crippen LogP contribution is -2.18. The standard InChI is InChI=1S/C11H20N4/c1-2-3-10(4-6-12)8-14-11-5-7-13-9-15-11/h5,7,9-10H,2-4,6,8,12H2,1H3,(H,13,14,15). The molecule has 0 aliphatic carbocycles. The van der Waals surface area contributed by atoms with E-state index in [0.717, 1.165) is 25.3 Å². The van der Waals surface area contributed by atoms with Crippen molar-refractivity contribution >= 4 is 5.82 Å². The molecule has 4 heteroatoms. The van der Waals surface area contributed by atoms with E-state index in [9.17, 15) is 0 Å². The summed E-state index contributed by atoms with van der Waals surface area (Å²) < 4.78 is 0. The quantitative estimate of drug-likeness (QED) is 0.715. The third-order valence-corrected chi connectivity index (χ3v) is 2.43. The van der Waals surface area contributed by atoms with Crippen LogP contribution in [0.4, 0.5) is 5.82 Å². The predicted octanol–water partition coefficient (Wildman–Crippen LogP) is 1.65. The minimum atomic E-state index is 0.648. The minimum Gasteiger partial charge on any atom is -0.370 e. The van der Waals surface area contributed by atoms with E-state index in [0.29, 0.717) is 5.92 Å². The fourth-order valence-corrected chi connectivity index (χ4v) is 1.64. The van der Waals surface area contributed by atoms with Gasteiger partial charge in [-0.25, -0.2) is 9.97 Å². The van der Waals surface area contributed by atoms with Gasteiger partial charge in [0.05, 0.1) is 0 Å². The zero-order chi connectivity index (χ0) is 10.9. The van der Waals surface area contributed by atoms with Crippen LogP contribution >= 0.6 is 0 Å². The van der Waals surface area contributed by atoms with Crippen molar-refractivity contribution in [3.05, 3.63) is 18.6 Å². The van der Waals surface area contributed by atoms with Crippen LogP contribution in [0.15, 0.2) is 18.6 Å². The van der Waals surface area contributed by atoms with Crippen molar-refractivity contribution in [3.63, 3.8) is 0 Å². The fourth-order valence-electron chi connectivity index (χ4n) is 1.64. The highest BCUT2D eigenvalue weighted by Crippen LogP contribution is 2.11. The van der Waals surface area contributed by atoms with Gasteiger partial charge in [0.25, 0.3) is 0 Å². The monoisotopic (exact) mass is 208 g/mol. The molecule has 84 valence electrons. The SMILES string of the molecule is CCCC(CCN)CNc1ccncn1. The van der Waals surface area contributed by atoms with E-state index in [4.69, 9.17) is 5.73 Å². The second-order valence-corrected chi connectivity index (χ2v) is 3.71. The van der Waals surface area contributed by atoms with Gasteiger partial charge >= 0.3 is 0 Å². The highest BCUT2D eigenvalue weighted by molar-refractivity contribution is 5.31. The second-order valence-electron chi connectivity index (χ2n) is 3.71. The molecule has 0 radical (unpaired) electrons. The Morgan fingerprint density at radius 3 is 2.93 bits per heavy atom. The number of anilines is 1. The summed E-state index contributed by atoms with van der Waals surface area (Å²) in [6.07, 6.45) is 6.80. The molecule has 4 nitrogen and oxygen atoms in total. The van der Waals surface area contributed by atoms with Gasteiger partial charge in [-0.3, -0.25) is 0 Å². The Hall–Kier alpha value is -1.16. The fraction of sp³-hybridized carbons (Fsp3) is 0.636. The molecule has 0 fully saturated rings. The molecule has 0 bridgehead atoms. The number of hydrogen-bond donors (Lipinski definition) is 2. The van der Waals surface area contributed by atoms with Crippen LogP contribution in [-0.4, -0.2) is 23.1 Å². The largest absolute Gasteiger partial charge is 0.370 e. The third-order valence-electron chi connectivity index (χ3n) is 2.43. The molecule has 0 aliphatic heterocycles. The predicted molar refractivity (Wildman–Crippen MR) is 62.6 cm³/mol. The van der Waals surface area contributed by atoms with Gasteiger partial charge in [-0.05, 0) is 31.4 Å². The van der Waals surface area contributed by atoms with Crippen LogP contribution in [0.2, 0.25) is 0 Å². The lowest BCUT2D eigenvalue weighted by atomic mass is 10.00. The Labute approximate surface area is 91.3 Å². The number of nitrogens with one attached hydrogen (secondary N) is 1. The van der Waals surface area contributed by atoms with Gasteiger partial charge in [0.15, 0.2) is 0 Å². The van der Waals surface area contributed by atoms with Crippen LogP contribution in [0.25, 0.3) is 0 Å². The Balaban J connectivity index is 2.33. The van der Waals surface area contributed by atoms with E-state index in [1.807, 2.05) is 6.07 Å². The van der Waals surface area contributed by atoms with E-state index in [1.165, 1.54) is 12.8 Å². The number of nitrogens with two attached hydrogens (primary N) is 1. The molecule has 0 amide bonds. The average Bonchev–Trinajstić information content (AvgIpc) is 2.28. The van der Waals surface area contributed by atoms with Crippen molar-refractivity contribution in [2.75, 3.05) is 18.4 Å². The van der Waals surface area contributed by atoms with Crippen molar-refractivity contribution in [1.82, 2.24) is 9.97 Å². The van der Waals surface area contributed by atoms with E-state index in [2.05, 4.69) is 22.2 Å². The second kappa shape index (κ2) is 7.17. The smallest absolute Gasteiger partial charge is 0.129 e. The molecule has 1 atom stereocenters. The van der Waals surface area contributed by atoms with Crippen LogP contribution in [0.3, 0.4) is 0 Å². The van der Waals surface area contributed by atoms with Gasteiger partial charge in [0, 0.05) is 12.7 Å². The molecule has 1 heterocycles. The molecule has 3 N–H and O–H groups in total. The Morgan fingerprint density at radius 2 is 2.33 bits per heavy atom. The zero-order valence-corrected chi connectivity index (χ0v) is 9.32. The topological polar surface area (TPSA) is 63.8 Å². The first-order chi connectivity index (χ1) is 7.36. The summed E-state index contributed by atoms with van der Waals surface area (Å²) in [5.41, 5.74) is 5.58. The van der Waals surface area contributed by atoms with Crippen molar-refractivity contribution in [2.24, 2.45) is 11.7 Å². The zero-order valence-electron chi connectivity index (χ0n) is 9.32. The van der Waals surface area contributed by atoms with E-state index in [-0.39, 0.29) is 0 Å². The molecular weight excluding hydrogens is 188 g/mol. The maximum atomic E-state index is 5.58. The normalized spacial score (nSPS) is 12.4. The van der Waals surface area contributed by atoms with Gasteiger partial charge in [0.2, 0.25) is 0 Å². The molecule has 1 aromatic heterocycles. The molecule has 0 aromatic carbocycles. The van der Waals surface area contributed by atoms with Crippen LogP contribution < -0.4 is 11.1 Å². The molecule has 1 unspecified atom stereocenters. The summed E-state index contributed by atoms with van der Waals surface area (Å²) in [7, 11) is 0. The Morgan fingerprint density at radius 1 is 1.47 bits per heavy atom. The molecule has 0 aliphatic rings. The molecule has 1 rings (SSSR count). The maximum Gasteiger partial charge on any atom is 0.129 e. The maximum absolute atomic E-state index is 5.58. The van der Waals surface area contributed by atoms with Crippen LogP contribution in [0.1, 0.15) is 26.2 Å². The van der Waals surface area contributed by atoms with Crippen LogP contribution in [0.5, 0.6) is 0 Å². The van der Waals surface area contributed by atoms with Crippen molar-refractivity contribution < 1.29 is 0 Å². The molecule has 0 saturated heterocycles. The van der Waals surface area contributed by atoms with Crippen LogP contribution in [0, 0.1) is 5.92 Å². The van der Waals surface area contributed by atoms with Crippen molar-refractivity contribution in [3.8, 4) is 0 Å². The summed E-state index contributed by atoms with van der Waals surface area (Å²) in [5, 5.41) is 3.31. The Bertz CT molecular complexity index is 244. The molecule has 0 saturated carbocycles. The average molecular weight is 208 g/mol. The first kappa shape index (κ1) is 11.9. The summed E-state index contributed by atoms with van der Waals surface area (Å²) in [6, 6.07) is 1.88. The highest BCUT2D eigenvalue weighted by Gasteiger charge is 2.06. The number of aromatic nitrogens is 2. The van der Waals surface area contributed by atoms with Gasteiger partial charge in [-0.15, -0.1) is 0 Å². The summed E-state index contributed by atoms with van der Waals surface area (Å²) in [6.45, 7) is 3.91. The molecule has 15 heavy (non-hydrogen) atoms. The lowest BCUT2D eigenvalue weighted by molar-refractivity contribution is 0.473. The summed E-state index contributed by atoms with van der Waals surface area (Å²) >= 11 is 0. The lowest BCUT2D eigenvalue weighted by Gasteiger charge is -2.15. The van der Waals surface area contributed by atoms with Gasteiger partial charge in [0.1, 0.15) is 12.1 Å². The number of rotatable bonds is 7. The molecular formula is C11H20N4. The molecule has 1 aromatic rings. The first-order valence-electron chi connectivity index (χ1n) is 5.56. The summed E-state index contributed by atoms with van der Waals surface area (Å²) in [4.78, 5) is 7.99. The van der Waals surface area contributed by atoms with Crippen molar-refractivity contribution in [1.29, 1.82) is 0 Å². The highest BCUT2D eigenvalue weighted by atomic mass is 15.0.